The fourth-order valence-corrected chi connectivity index (χ4v) is 12.4. The predicted molar refractivity (Wildman–Crippen MR) is 104 cm³/mol. The van der Waals surface area contributed by atoms with Crippen molar-refractivity contribution in [1.82, 2.24) is 0 Å². The second kappa shape index (κ2) is 7.44. The van der Waals surface area contributed by atoms with Gasteiger partial charge in [-0.2, -0.15) is 0 Å². The fourth-order valence-electron chi connectivity index (χ4n) is 2.48. The van der Waals surface area contributed by atoms with Crippen molar-refractivity contribution < 1.29 is 17.5 Å². The molecule has 0 fully saturated rings. The minimum atomic E-state index is -3.09. The van der Waals surface area contributed by atoms with Gasteiger partial charge in [0.15, 0.2) is 0 Å². The molecule has 130 valence electrons. The van der Waals surface area contributed by atoms with Gasteiger partial charge >= 0.3 is 25.7 Å². The molecule has 0 aliphatic heterocycles. The lowest BCUT2D eigenvalue weighted by Crippen LogP contribution is -2.70. The first-order chi connectivity index (χ1) is 11.2. The van der Waals surface area contributed by atoms with E-state index in [0.29, 0.717) is 0 Å². The fraction of sp³-hybridized carbons (Fsp3) is 0.294. The standard InChI is InChI=1S/C17H26O4Si3/c1-19-23(4,5)21-24(20-22(2,3)18,16-12-8-6-9-13-16)17-14-10-7-11-15-17/h6-15,18H,1-5H3. The molecule has 0 saturated heterocycles. The molecule has 24 heavy (non-hydrogen) atoms. The Morgan fingerprint density at radius 1 is 0.708 bits per heavy atom. The Bertz CT molecular complexity index is 602. The largest absolute Gasteiger partial charge is 0.411 e. The van der Waals surface area contributed by atoms with E-state index < -0.39 is 25.7 Å². The maximum Gasteiger partial charge on any atom is 0.389 e. The van der Waals surface area contributed by atoms with E-state index in [9.17, 15) is 4.80 Å². The van der Waals surface area contributed by atoms with Crippen LogP contribution in [0.15, 0.2) is 60.7 Å². The molecule has 0 radical (unpaired) electrons. The first-order valence-electron chi connectivity index (χ1n) is 7.97. The molecule has 4 nitrogen and oxygen atoms in total. The van der Waals surface area contributed by atoms with E-state index >= 15 is 0 Å². The van der Waals surface area contributed by atoms with Gasteiger partial charge in [-0.25, -0.2) is 0 Å². The van der Waals surface area contributed by atoms with Gasteiger partial charge in [-0.15, -0.1) is 0 Å². The zero-order valence-corrected chi connectivity index (χ0v) is 17.9. The van der Waals surface area contributed by atoms with Crippen LogP contribution in [0.3, 0.4) is 0 Å². The summed E-state index contributed by atoms with van der Waals surface area (Å²) in [7, 11) is -6.72. The predicted octanol–water partition coefficient (Wildman–Crippen LogP) is 2.32. The summed E-state index contributed by atoms with van der Waals surface area (Å²) >= 11 is 0. The summed E-state index contributed by atoms with van der Waals surface area (Å²) in [4.78, 5) is 10.6. The first kappa shape index (κ1) is 19.3. The van der Waals surface area contributed by atoms with Crippen LogP contribution in [-0.2, 0) is 12.7 Å². The van der Waals surface area contributed by atoms with Crippen molar-refractivity contribution in [3.05, 3.63) is 60.7 Å². The van der Waals surface area contributed by atoms with Gasteiger partial charge in [-0.1, -0.05) is 60.7 Å². The van der Waals surface area contributed by atoms with Gasteiger partial charge in [0.05, 0.1) is 0 Å². The van der Waals surface area contributed by atoms with Gasteiger partial charge in [0.1, 0.15) is 0 Å². The normalized spacial score (nSPS) is 13.1. The Kier molecular flexibility index (Phi) is 5.97. The summed E-state index contributed by atoms with van der Waals surface area (Å²) in [5.74, 6) is 0. The smallest absolute Gasteiger partial charge is 0.389 e. The van der Waals surface area contributed by atoms with Gasteiger partial charge in [-0.3, -0.25) is 0 Å². The van der Waals surface area contributed by atoms with Crippen LogP contribution in [-0.4, -0.2) is 37.6 Å². The molecular weight excluding hydrogens is 352 g/mol. The number of rotatable bonds is 7. The molecule has 2 aromatic rings. The molecule has 0 aliphatic rings. The Hall–Kier alpha value is -1.07. The highest BCUT2D eigenvalue weighted by Crippen LogP contribution is 2.20. The van der Waals surface area contributed by atoms with Crippen molar-refractivity contribution in [3.63, 3.8) is 0 Å². The van der Waals surface area contributed by atoms with Gasteiger partial charge in [0.2, 0.25) is 0 Å². The highest BCUT2D eigenvalue weighted by molar-refractivity contribution is 7.01. The highest BCUT2D eigenvalue weighted by Gasteiger charge is 2.50. The van der Waals surface area contributed by atoms with E-state index in [-0.39, 0.29) is 0 Å². The van der Waals surface area contributed by atoms with Gasteiger partial charge < -0.3 is 17.5 Å². The van der Waals surface area contributed by atoms with Crippen LogP contribution >= 0.6 is 0 Å². The summed E-state index contributed by atoms with van der Waals surface area (Å²) in [5, 5.41) is 1.95. The monoisotopic (exact) mass is 378 g/mol. The molecule has 0 saturated carbocycles. The molecule has 0 aliphatic carbocycles. The summed E-state index contributed by atoms with van der Waals surface area (Å²) in [6, 6.07) is 19.9. The molecular formula is C17H26O4Si3. The summed E-state index contributed by atoms with van der Waals surface area (Å²) in [6.07, 6.45) is 0. The molecule has 0 atom stereocenters. The lowest BCUT2D eigenvalue weighted by molar-refractivity contribution is 0.272. The van der Waals surface area contributed by atoms with E-state index in [4.69, 9.17) is 12.7 Å². The van der Waals surface area contributed by atoms with Crippen molar-refractivity contribution in [2.24, 2.45) is 0 Å². The number of benzene rings is 2. The van der Waals surface area contributed by atoms with Crippen LogP contribution in [0.4, 0.5) is 0 Å². The second-order valence-electron chi connectivity index (χ2n) is 6.60. The van der Waals surface area contributed by atoms with Crippen molar-refractivity contribution in [3.8, 4) is 0 Å². The third-order valence-corrected chi connectivity index (χ3v) is 13.0. The van der Waals surface area contributed by atoms with E-state index in [0.717, 1.165) is 10.4 Å². The van der Waals surface area contributed by atoms with Crippen LogP contribution in [0.1, 0.15) is 0 Å². The van der Waals surface area contributed by atoms with E-state index in [1.54, 1.807) is 20.2 Å². The maximum absolute atomic E-state index is 10.6. The molecule has 7 heteroatoms. The minimum absolute atomic E-state index is 0.975. The zero-order valence-electron chi connectivity index (χ0n) is 14.9. The molecule has 0 bridgehead atoms. The third-order valence-electron chi connectivity index (χ3n) is 3.58. The Balaban J connectivity index is 2.68. The number of hydrogen-bond acceptors (Lipinski definition) is 4. The molecule has 0 heterocycles. The average Bonchev–Trinajstić information content (AvgIpc) is 2.54. The lowest BCUT2D eigenvalue weighted by Gasteiger charge is -2.40. The van der Waals surface area contributed by atoms with Crippen LogP contribution < -0.4 is 10.4 Å². The van der Waals surface area contributed by atoms with Crippen molar-refractivity contribution >= 4 is 36.1 Å². The van der Waals surface area contributed by atoms with Crippen LogP contribution in [0.25, 0.3) is 0 Å². The van der Waals surface area contributed by atoms with E-state index in [2.05, 4.69) is 0 Å². The number of hydrogen-bond donors (Lipinski definition) is 1. The second-order valence-corrected chi connectivity index (χ2v) is 16.7. The van der Waals surface area contributed by atoms with Crippen molar-refractivity contribution in [1.29, 1.82) is 0 Å². The van der Waals surface area contributed by atoms with Gasteiger partial charge in [0.25, 0.3) is 0 Å². The van der Waals surface area contributed by atoms with Crippen molar-refractivity contribution in [2.75, 3.05) is 7.11 Å². The topological polar surface area (TPSA) is 47.9 Å². The first-order valence-corrected chi connectivity index (χ1v) is 15.5. The SMILES string of the molecule is CO[Si](C)(C)O[Si](O[Si](C)(C)O)(c1ccccc1)c1ccccc1. The third kappa shape index (κ3) is 4.73. The summed E-state index contributed by atoms with van der Waals surface area (Å²) in [6.45, 7) is 7.53. The van der Waals surface area contributed by atoms with E-state index in [1.807, 2.05) is 73.8 Å². The Morgan fingerprint density at radius 2 is 1.12 bits per heavy atom. The summed E-state index contributed by atoms with van der Waals surface area (Å²) in [5.41, 5.74) is 0. The quantitative estimate of drug-likeness (QED) is 0.751. The molecule has 1 N–H and O–H groups in total. The minimum Gasteiger partial charge on any atom is -0.411 e. The molecule has 0 unspecified atom stereocenters. The Morgan fingerprint density at radius 3 is 1.46 bits per heavy atom. The van der Waals surface area contributed by atoms with E-state index in [1.165, 1.54) is 0 Å². The molecule has 0 spiro atoms. The maximum atomic E-state index is 10.6. The van der Waals surface area contributed by atoms with Crippen LogP contribution in [0.5, 0.6) is 0 Å². The van der Waals surface area contributed by atoms with Gasteiger partial charge in [-0.05, 0) is 36.6 Å². The molecule has 2 rings (SSSR count). The molecule has 0 aromatic heterocycles. The average molecular weight is 379 g/mol. The Labute approximate surface area is 147 Å². The summed E-state index contributed by atoms with van der Waals surface area (Å²) < 4.78 is 18.7. The highest BCUT2D eigenvalue weighted by atomic mass is 28.5. The van der Waals surface area contributed by atoms with Gasteiger partial charge in [0, 0.05) is 7.11 Å². The lowest BCUT2D eigenvalue weighted by atomic mass is 10.4. The molecule has 0 amide bonds. The van der Waals surface area contributed by atoms with Crippen LogP contribution in [0.2, 0.25) is 26.2 Å². The zero-order chi connectivity index (χ0) is 17.8. The molecule has 2 aromatic carbocycles. The van der Waals surface area contributed by atoms with Crippen LogP contribution in [0, 0.1) is 0 Å². The van der Waals surface area contributed by atoms with Crippen molar-refractivity contribution in [2.45, 2.75) is 26.2 Å².